The second kappa shape index (κ2) is 12.8. The predicted octanol–water partition coefficient (Wildman–Crippen LogP) is 1.60. The molecular weight excluding hydrogens is 380 g/mol. The summed E-state index contributed by atoms with van der Waals surface area (Å²) in [6.45, 7) is 6.69. The molecule has 0 aromatic heterocycles. The van der Waals surface area contributed by atoms with E-state index in [2.05, 4.69) is 0 Å². The van der Waals surface area contributed by atoms with Gasteiger partial charge in [-0.1, -0.05) is 0 Å². The standard InChI is InChI=1S/C16H30O10Si/c1-4-24-27(25-5-2,26-6-3)10-8-7-9-23-16(15(21)22,11-13(17)18)12-14(19)20/h4-12H2,1-3H3,(H,17,18)(H,19,20)(H,21,22). The maximum Gasteiger partial charge on any atom is 0.500 e. The van der Waals surface area contributed by atoms with Crippen LogP contribution in [0.5, 0.6) is 0 Å². The predicted molar refractivity (Wildman–Crippen MR) is 95.5 cm³/mol. The number of hydrogen-bond acceptors (Lipinski definition) is 7. The highest BCUT2D eigenvalue weighted by molar-refractivity contribution is 6.60. The van der Waals surface area contributed by atoms with Gasteiger partial charge in [-0.2, -0.15) is 0 Å². The molecular formula is C16H30O10Si. The molecule has 0 heterocycles. The zero-order valence-corrected chi connectivity index (χ0v) is 17.1. The van der Waals surface area contributed by atoms with Crippen molar-refractivity contribution >= 4 is 26.7 Å². The quantitative estimate of drug-likeness (QED) is 0.238. The van der Waals surface area contributed by atoms with Gasteiger partial charge in [-0.25, -0.2) is 4.79 Å². The van der Waals surface area contributed by atoms with Crippen molar-refractivity contribution in [3.05, 3.63) is 0 Å². The minimum atomic E-state index is -2.83. The number of unbranched alkanes of at least 4 members (excludes halogenated alkanes) is 1. The first-order valence-corrected chi connectivity index (χ1v) is 10.8. The van der Waals surface area contributed by atoms with Gasteiger partial charge >= 0.3 is 26.7 Å². The van der Waals surface area contributed by atoms with Gasteiger partial charge in [0.2, 0.25) is 0 Å². The van der Waals surface area contributed by atoms with Crippen LogP contribution >= 0.6 is 0 Å². The lowest BCUT2D eigenvalue weighted by molar-refractivity contribution is -0.178. The first-order valence-electron chi connectivity index (χ1n) is 8.89. The van der Waals surface area contributed by atoms with E-state index in [9.17, 15) is 19.5 Å². The van der Waals surface area contributed by atoms with Crippen molar-refractivity contribution in [2.45, 2.75) is 58.1 Å². The largest absolute Gasteiger partial charge is 0.500 e. The summed E-state index contributed by atoms with van der Waals surface area (Å²) in [4.78, 5) is 33.4. The minimum absolute atomic E-state index is 0.109. The monoisotopic (exact) mass is 410 g/mol. The Morgan fingerprint density at radius 2 is 1.26 bits per heavy atom. The Hall–Kier alpha value is -1.53. The van der Waals surface area contributed by atoms with E-state index in [4.69, 9.17) is 28.2 Å². The van der Waals surface area contributed by atoms with E-state index in [0.717, 1.165) is 0 Å². The van der Waals surface area contributed by atoms with Crippen LogP contribution in [0.3, 0.4) is 0 Å². The van der Waals surface area contributed by atoms with Crippen LogP contribution in [-0.4, -0.2) is 74.1 Å². The van der Waals surface area contributed by atoms with Crippen LogP contribution in [0, 0.1) is 0 Å². The van der Waals surface area contributed by atoms with Gasteiger partial charge < -0.3 is 33.3 Å². The second-order valence-electron chi connectivity index (χ2n) is 5.73. The van der Waals surface area contributed by atoms with Gasteiger partial charge in [-0.05, 0) is 33.6 Å². The van der Waals surface area contributed by atoms with E-state index >= 15 is 0 Å². The number of carbonyl (C=O) groups is 3. The van der Waals surface area contributed by atoms with E-state index in [0.29, 0.717) is 38.7 Å². The van der Waals surface area contributed by atoms with Crippen LogP contribution < -0.4 is 0 Å². The minimum Gasteiger partial charge on any atom is -0.481 e. The molecule has 27 heavy (non-hydrogen) atoms. The average molecular weight is 410 g/mol. The normalized spacial score (nSPS) is 12.1. The van der Waals surface area contributed by atoms with E-state index in [1.165, 1.54) is 0 Å². The molecule has 0 fully saturated rings. The Morgan fingerprint density at radius 1 is 0.815 bits per heavy atom. The van der Waals surface area contributed by atoms with Crippen molar-refractivity contribution in [3.8, 4) is 0 Å². The molecule has 0 radical (unpaired) electrons. The number of hydrogen-bond donors (Lipinski definition) is 3. The Morgan fingerprint density at radius 3 is 1.59 bits per heavy atom. The van der Waals surface area contributed by atoms with E-state index in [1.807, 2.05) is 20.8 Å². The molecule has 0 saturated heterocycles. The zero-order chi connectivity index (χ0) is 20.9. The molecule has 0 bridgehead atoms. The maximum absolute atomic E-state index is 11.5. The van der Waals surface area contributed by atoms with E-state index in [-0.39, 0.29) is 6.61 Å². The fourth-order valence-corrected chi connectivity index (χ4v) is 5.26. The summed E-state index contributed by atoms with van der Waals surface area (Å²) < 4.78 is 22.4. The van der Waals surface area contributed by atoms with Crippen molar-refractivity contribution in [1.29, 1.82) is 0 Å². The van der Waals surface area contributed by atoms with Crippen LogP contribution in [-0.2, 0) is 32.4 Å². The van der Waals surface area contributed by atoms with Gasteiger partial charge in [-0.3, -0.25) is 9.59 Å². The molecule has 0 unspecified atom stereocenters. The molecule has 0 aliphatic rings. The molecule has 0 aromatic carbocycles. The molecule has 0 aromatic rings. The first-order chi connectivity index (χ1) is 12.7. The Bertz CT molecular complexity index is 449. The van der Waals surface area contributed by atoms with E-state index in [1.54, 1.807) is 0 Å². The molecule has 3 N–H and O–H groups in total. The van der Waals surface area contributed by atoms with Gasteiger partial charge in [0, 0.05) is 32.5 Å². The summed E-state index contributed by atoms with van der Waals surface area (Å²) in [5.74, 6) is -4.52. The number of carboxylic acids is 3. The number of rotatable bonds is 17. The van der Waals surface area contributed by atoms with Crippen molar-refractivity contribution in [3.63, 3.8) is 0 Å². The lowest BCUT2D eigenvalue weighted by atomic mass is 9.95. The molecule has 0 aliphatic carbocycles. The van der Waals surface area contributed by atoms with Crippen molar-refractivity contribution in [2.75, 3.05) is 26.4 Å². The third-order valence-electron chi connectivity index (χ3n) is 3.61. The third kappa shape index (κ3) is 9.29. The Labute approximate surface area is 159 Å². The molecule has 11 heteroatoms. The highest BCUT2D eigenvalue weighted by Crippen LogP contribution is 2.24. The summed E-state index contributed by atoms with van der Waals surface area (Å²) in [6.07, 6.45) is -0.980. The van der Waals surface area contributed by atoms with Gasteiger partial charge in [0.1, 0.15) is 0 Å². The van der Waals surface area contributed by atoms with Crippen LogP contribution in [0.2, 0.25) is 6.04 Å². The summed E-state index contributed by atoms with van der Waals surface area (Å²) in [6, 6.07) is 0.490. The summed E-state index contributed by atoms with van der Waals surface area (Å²) in [5, 5.41) is 27.1. The highest BCUT2D eigenvalue weighted by atomic mass is 28.4. The summed E-state index contributed by atoms with van der Waals surface area (Å²) in [7, 11) is -2.83. The van der Waals surface area contributed by atoms with Crippen molar-refractivity contribution in [2.24, 2.45) is 0 Å². The number of ether oxygens (including phenoxy) is 1. The van der Waals surface area contributed by atoms with Crippen LogP contribution in [0.1, 0.15) is 46.5 Å². The lowest BCUT2D eigenvalue weighted by Crippen LogP contribution is -2.46. The molecule has 0 rings (SSSR count). The Balaban J connectivity index is 4.84. The highest BCUT2D eigenvalue weighted by Gasteiger charge is 2.44. The van der Waals surface area contributed by atoms with Crippen molar-refractivity contribution in [1.82, 2.24) is 0 Å². The maximum atomic E-state index is 11.5. The van der Waals surface area contributed by atoms with Gasteiger partial charge in [0.05, 0.1) is 12.8 Å². The third-order valence-corrected chi connectivity index (χ3v) is 6.76. The zero-order valence-electron chi connectivity index (χ0n) is 16.1. The fraction of sp³-hybridized carbons (Fsp3) is 0.812. The summed E-state index contributed by atoms with van der Waals surface area (Å²) in [5.41, 5.74) is -2.30. The van der Waals surface area contributed by atoms with Gasteiger partial charge in [0.15, 0.2) is 5.60 Å². The SMILES string of the molecule is CCO[Si](CCCCOC(CC(=O)O)(CC(=O)O)C(=O)O)(OCC)OCC. The topological polar surface area (TPSA) is 149 Å². The van der Waals surface area contributed by atoms with Gasteiger partial charge in [-0.15, -0.1) is 0 Å². The van der Waals surface area contributed by atoms with Crippen molar-refractivity contribution < 1.29 is 47.7 Å². The van der Waals surface area contributed by atoms with E-state index < -0.39 is 45.2 Å². The average Bonchev–Trinajstić information content (AvgIpc) is 2.53. The number of carboxylic acid groups (broad SMARTS) is 3. The smallest absolute Gasteiger partial charge is 0.481 e. The molecule has 10 nitrogen and oxygen atoms in total. The van der Waals surface area contributed by atoms with Crippen LogP contribution in [0.15, 0.2) is 0 Å². The first kappa shape index (κ1) is 25.5. The van der Waals surface area contributed by atoms with Crippen LogP contribution in [0.4, 0.5) is 0 Å². The van der Waals surface area contributed by atoms with Gasteiger partial charge in [0.25, 0.3) is 0 Å². The molecule has 0 aliphatic heterocycles. The molecule has 0 atom stereocenters. The summed E-state index contributed by atoms with van der Waals surface area (Å²) >= 11 is 0. The molecule has 0 amide bonds. The molecule has 0 spiro atoms. The van der Waals surface area contributed by atoms with Crippen LogP contribution in [0.25, 0.3) is 0 Å². The molecule has 158 valence electrons. The fourth-order valence-electron chi connectivity index (χ4n) is 2.58. The molecule has 0 saturated carbocycles. The second-order valence-corrected chi connectivity index (χ2v) is 8.46. The Kier molecular flexibility index (Phi) is 12.1. The lowest BCUT2D eigenvalue weighted by Gasteiger charge is -2.29. The number of aliphatic carboxylic acids is 3.